The van der Waals surface area contributed by atoms with Gasteiger partial charge in [0, 0.05) is 21.1 Å². The van der Waals surface area contributed by atoms with Gasteiger partial charge in [0.1, 0.15) is 0 Å². The summed E-state index contributed by atoms with van der Waals surface area (Å²) >= 11 is 7.14. The summed E-state index contributed by atoms with van der Waals surface area (Å²) in [5.41, 5.74) is 6.39. The smallest absolute Gasteiger partial charge is 0.321 e. The highest BCUT2D eigenvalue weighted by atomic mass is 79.9. The Bertz CT molecular complexity index is 421. The normalized spacial score (nSPS) is 23.7. The fourth-order valence-electron chi connectivity index (χ4n) is 1.87. The Morgan fingerprint density at radius 2 is 1.95 bits per heavy atom. The maximum atomic E-state index is 11.7. The first-order chi connectivity index (χ1) is 8.65. The number of halogens is 1. The standard InChI is InChI=1S/C13H21BrN2OS2/c1-8(2)18-11-6-10(5)16(12(15)17)13(14,7-11)19-9(3)4/h6-9H,1-5H3,(H2,15,17). The van der Waals surface area contributed by atoms with Crippen LogP contribution in [-0.4, -0.2) is 25.2 Å². The van der Waals surface area contributed by atoms with Gasteiger partial charge in [0.2, 0.25) is 0 Å². The van der Waals surface area contributed by atoms with Crippen LogP contribution in [0.1, 0.15) is 34.6 Å². The van der Waals surface area contributed by atoms with E-state index >= 15 is 0 Å². The molecule has 0 fully saturated rings. The molecule has 108 valence electrons. The van der Waals surface area contributed by atoms with Crippen molar-refractivity contribution in [1.29, 1.82) is 0 Å². The van der Waals surface area contributed by atoms with Crippen LogP contribution in [0.3, 0.4) is 0 Å². The SMILES string of the molecule is CC1=CC(SC(C)C)=CC(Br)(SC(C)C)N1C(N)=O. The quantitative estimate of drug-likeness (QED) is 0.589. The lowest BCUT2D eigenvalue weighted by Crippen LogP contribution is -2.47. The summed E-state index contributed by atoms with van der Waals surface area (Å²) in [7, 11) is 0. The van der Waals surface area contributed by atoms with E-state index in [4.69, 9.17) is 5.73 Å². The molecule has 2 N–H and O–H groups in total. The topological polar surface area (TPSA) is 46.3 Å². The van der Waals surface area contributed by atoms with Crippen molar-refractivity contribution in [2.24, 2.45) is 5.73 Å². The molecule has 0 aromatic rings. The highest BCUT2D eigenvalue weighted by Crippen LogP contribution is 2.47. The van der Waals surface area contributed by atoms with E-state index in [-0.39, 0.29) is 0 Å². The van der Waals surface area contributed by atoms with E-state index in [0.29, 0.717) is 10.5 Å². The van der Waals surface area contributed by atoms with Crippen molar-refractivity contribution in [2.75, 3.05) is 0 Å². The highest BCUT2D eigenvalue weighted by Gasteiger charge is 2.40. The summed E-state index contributed by atoms with van der Waals surface area (Å²) in [6.45, 7) is 10.4. The van der Waals surface area contributed by atoms with Crippen molar-refractivity contribution in [2.45, 2.75) is 48.9 Å². The number of rotatable bonds is 4. The second-order valence-corrected chi connectivity index (χ2v) is 10.1. The number of hydrogen-bond donors (Lipinski definition) is 1. The second-order valence-electron chi connectivity index (χ2n) is 4.95. The third kappa shape index (κ3) is 4.46. The number of primary amides is 1. The largest absolute Gasteiger partial charge is 0.351 e. The Kier molecular flexibility index (Phi) is 5.89. The third-order valence-corrected chi connectivity index (χ3v) is 5.55. The van der Waals surface area contributed by atoms with E-state index in [1.807, 2.05) is 13.0 Å². The number of amides is 2. The van der Waals surface area contributed by atoms with Gasteiger partial charge in [0.05, 0.1) is 0 Å². The minimum Gasteiger partial charge on any atom is -0.351 e. The Morgan fingerprint density at radius 3 is 2.37 bits per heavy atom. The van der Waals surface area contributed by atoms with Gasteiger partial charge >= 0.3 is 6.03 Å². The molecule has 0 radical (unpaired) electrons. The van der Waals surface area contributed by atoms with Gasteiger partial charge in [0.15, 0.2) is 3.78 Å². The predicted octanol–water partition coefficient (Wildman–Crippen LogP) is 4.50. The molecular formula is C13H21BrN2OS2. The van der Waals surface area contributed by atoms with Gasteiger partial charge in [-0.15, -0.1) is 23.5 Å². The van der Waals surface area contributed by atoms with Crippen molar-refractivity contribution in [3.8, 4) is 0 Å². The summed E-state index contributed by atoms with van der Waals surface area (Å²) in [6.07, 6.45) is 4.08. The van der Waals surface area contributed by atoms with Crippen LogP contribution < -0.4 is 5.73 Å². The molecule has 0 aromatic carbocycles. The van der Waals surface area contributed by atoms with E-state index in [2.05, 4.69) is 49.7 Å². The van der Waals surface area contributed by atoms with Crippen LogP contribution in [0.4, 0.5) is 4.79 Å². The molecule has 1 rings (SSSR count). The summed E-state index contributed by atoms with van der Waals surface area (Å²) in [5, 5.41) is 0.866. The van der Waals surface area contributed by atoms with Crippen LogP contribution in [0.25, 0.3) is 0 Å². The maximum Gasteiger partial charge on any atom is 0.321 e. The number of thioether (sulfide) groups is 2. The Labute approximate surface area is 132 Å². The van der Waals surface area contributed by atoms with Gasteiger partial charge in [-0.25, -0.2) is 4.79 Å². The number of nitrogens with zero attached hydrogens (tertiary/aromatic N) is 1. The van der Waals surface area contributed by atoms with Crippen LogP contribution in [-0.2, 0) is 0 Å². The zero-order valence-electron chi connectivity index (χ0n) is 11.9. The number of allylic oxidation sites excluding steroid dienone is 2. The average molecular weight is 365 g/mol. The first kappa shape index (κ1) is 17.0. The van der Waals surface area contributed by atoms with Crippen LogP contribution in [0.15, 0.2) is 22.8 Å². The molecule has 1 heterocycles. The molecule has 1 unspecified atom stereocenters. The van der Waals surface area contributed by atoms with Gasteiger partial charge in [-0.05, 0) is 35.0 Å². The van der Waals surface area contributed by atoms with E-state index in [1.165, 1.54) is 0 Å². The fourth-order valence-corrected chi connectivity index (χ4v) is 6.14. The molecule has 0 saturated carbocycles. The molecule has 6 heteroatoms. The minimum absolute atomic E-state index is 0.369. The first-order valence-electron chi connectivity index (χ1n) is 6.20. The molecule has 1 atom stereocenters. The summed E-state index contributed by atoms with van der Waals surface area (Å²) < 4.78 is -0.594. The summed E-state index contributed by atoms with van der Waals surface area (Å²) in [6, 6.07) is -0.441. The number of hydrogen-bond acceptors (Lipinski definition) is 3. The van der Waals surface area contributed by atoms with Crippen molar-refractivity contribution >= 4 is 45.5 Å². The van der Waals surface area contributed by atoms with Crippen molar-refractivity contribution in [3.63, 3.8) is 0 Å². The Balaban J connectivity index is 3.15. The van der Waals surface area contributed by atoms with Gasteiger partial charge in [-0.2, -0.15) is 0 Å². The lowest BCUT2D eigenvalue weighted by Gasteiger charge is -2.40. The van der Waals surface area contributed by atoms with Crippen LogP contribution >= 0.6 is 39.5 Å². The molecule has 0 saturated heterocycles. The molecule has 2 amide bonds. The van der Waals surface area contributed by atoms with Crippen molar-refractivity contribution in [1.82, 2.24) is 4.90 Å². The van der Waals surface area contributed by atoms with Gasteiger partial charge in [-0.3, -0.25) is 4.90 Å². The lowest BCUT2D eigenvalue weighted by molar-refractivity contribution is 0.218. The molecule has 1 aliphatic heterocycles. The molecule has 3 nitrogen and oxygen atoms in total. The average Bonchev–Trinajstić information content (AvgIpc) is 2.10. The zero-order chi connectivity index (χ0) is 14.8. The number of urea groups is 1. The third-order valence-electron chi connectivity index (χ3n) is 2.32. The molecule has 0 aromatic heterocycles. The molecule has 0 aliphatic carbocycles. The molecule has 19 heavy (non-hydrogen) atoms. The van der Waals surface area contributed by atoms with Crippen molar-refractivity contribution in [3.05, 3.63) is 22.8 Å². The monoisotopic (exact) mass is 364 g/mol. The number of nitrogens with two attached hydrogens (primary N) is 1. The van der Waals surface area contributed by atoms with Crippen LogP contribution in [0.5, 0.6) is 0 Å². The Morgan fingerprint density at radius 1 is 1.37 bits per heavy atom. The first-order valence-corrected chi connectivity index (χ1v) is 8.75. The Hall–Kier alpha value is -0.0700. The summed E-state index contributed by atoms with van der Waals surface area (Å²) in [5.74, 6) is 0. The van der Waals surface area contributed by atoms with Gasteiger partial charge < -0.3 is 5.73 Å². The van der Waals surface area contributed by atoms with E-state index in [0.717, 1.165) is 10.6 Å². The maximum absolute atomic E-state index is 11.7. The lowest BCUT2D eigenvalue weighted by atomic mass is 10.2. The number of alkyl halides is 1. The highest BCUT2D eigenvalue weighted by molar-refractivity contribution is 9.12. The van der Waals surface area contributed by atoms with E-state index in [9.17, 15) is 4.79 Å². The summed E-state index contributed by atoms with van der Waals surface area (Å²) in [4.78, 5) is 14.5. The molecular weight excluding hydrogens is 344 g/mol. The number of carbonyl (C=O) groups is 1. The van der Waals surface area contributed by atoms with Gasteiger partial charge in [0.25, 0.3) is 0 Å². The van der Waals surface area contributed by atoms with Crippen LogP contribution in [0.2, 0.25) is 0 Å². The molecule has 0 bridgehead atoms. The zero-order valence-corrected chi connectivity index (χ0v) is 15.2. The fraction of sp³-hybridized carbons (Fsp3) is 0.615. The van der Waals surface area contributed by atoms with E-state index in [1.54, 1.807) is 28.4 Å². The van der Waals surface area contributed by atoms with Crippen molar-refractivity contribution < 1.29 is 4.79 Å². The molecule has 0 spiro atoms. The number of carbonyl (C=O) groups excluding carboxylic acids is 1. The molecule has 1 aliphatic rings. The minimum atomic E-state index is -0.594. The van der Waals surface area contributed by atoms with Gasteiger partial charge in [-0.1, -0.05) is 27.7 Å². The predicted molar refractivity (Wildman–Crippen MR) is 90.4 cm³/mol. The van der Waals surface area contributed by atoms with E-state index < -0.39 is 9.81 Å². The van der Waals surface area contributed by atoms with Crippen LogP contribution in [0, 0.1) is 0 Å². The second kappa shape index (κ2) is 6.59.